The number of hydrogen-bond donors (Lipinski definition) is 8. The summed E-state index contributed by atoms with van der Waals surface area (Å²) >= 11 is 1.47. The van der Waals surface area contributed by atoms with E-state index in [4.69, 9.17) is 17.2 Å². The lowest BCUT2D eigenvalue weighted by atomic mass is 10.0. The molecule has 1 heterocycles. The topological polar surface area (TPSA) is 236 Å². The van der Waals surface area contributed by atoms with Gasteiger partial charge in [-0.1, -0.05) is 18.2 Å². The second-order valence-corrected chi connectivity index (χ2v) is 10.7. The quantitative estimate of drug-likeness (QED) is 0.100. The van der Waals surface area contributed by atoms with Crippen molar-refractivity contribution in [1.29, 1.82) is 0 Å². The fraction of sp³-hybridized carbons (Fsp3) is 0.519. The molecular weight excluding hydrogens is 550 g/mol. The first-order valence-electron chi connectivity index (χ1n) is 13.5. The summed E-state index contributed by atoms with van der Waals surface area (Å²) in [6, 6.07) is 3.08. The van der Waals surface area contributed by atoms with E-state index in [2.05, 4.69) is 20.9 Å². The SMILES string of the molecule is CSCCC(NC(=O)C(N)CCC(N)=O)C(=O)NC(Cc1c[nH]c2ccccc12)C(=O)NC(CCCCN)C(=O)O. The molecule has 4 amide bonds. The highest BCUT2D eigenvalue weighted by Gasteiger charge is 2.31. The van der Waals surface area contributed by atoms with Gasteiger partial charge in [0.25, 0.3) is 0 Å². The van der Waals surface area contributed by atoms with Gasteiger partial charge in [0.1, 0.15) is 18.1 Å². The van der Waals surface area contributed by atoms with E-state index in [1.807, 2.05) is 30.5 Å². The number of fused-ring (bicyclic) bond motifs is 1. The molecule has 0 saturated carbocycles. The molecule has 0 radical (unpaired) electrons. The number of amides is 4. The van der Waals surface area contributed by atoms with E-state index in [1.165, 1.54) is 11.8 Å². The number of aromatic nitrogens is 1. The van der Waals surface area contributed by atoms with Gasteiger partial charge in [-0.3, -0.25) is 19.2 Å². The zero-order valence-corrected chi connectivity index (χ0v) is 24.0. The zero-order valence-electron chi connectivity index (χ0n) is 23.2. The Hall–Kier alpha value is -3.62. The van der Waals surface area contributed by atoms with Crippen LogP contribution in [0.5, 0.6) is 0 Å². The number of aromatic amines is 1. The fourth-order valence-corrected chi connectivity index (χ4v) is 4.71. The van der Waals surface area contributed by atoms with Gasteiger partial charge in [-0.2, -0.15) is 11.8 Å². The first-order valence-corrected chi connectivity index (χ1v) is 14.9. The molecule has 2 rings (SSSR count). The molecule has 0 fully saturated rings. The van der Waals surface area contributed by atoms with Gasteiger partial charge >= 0.3 is 5.97 Å². The summed E-state index contributed by atoms with van der Waals surface area (Å²) < 4.78 is 0. The number of hydrogen-bond acceptors (Lipinski definition) is 8. The standard InChI is InChI=1S/C27H41N7O6S/c1-41-13-11-20(32-24(36)18(29)9-10-23(30)35)25(37)34-22(14-16-15-31-19-7-3-2-6-17(16)19)26(38)33-21(27(39)40)8-4-5-12-28/h2-3,6-7,15,18,20-22,31H,4-5,8-14,28-29H2,1H3,(H2,30,35)(H,32,36)(H,33,38)(H,34,37)(H,39,40). The average molecular weight is 592 g/mol. The van der Waals surface area contributed by atoms with Crippen LogP contribution in [0.15, 0.2) is 30.5 Å². The second kappa shape index (κ2) is 17.3. The van der Waals surface area contributed by atoms with Crippen molar-refractivity contribution in [3.8, 4) is 0 Å². The van der Waals surface area contributed by atoms with Gasteiger partial charge in [0.2, 0.25) is 23.6 Å². The minimum Gasteiger partial charge on any atom is -0.480 e. The summed E-state index contributed by atoms with van der Waals surface area (Å²) in [6.07, 6.45) is 5.12. The van der Waals surface area contributed by atoms with Crippen molar-refractivity contribution < 1.29 is 29.1 Å². The van der Waals surface area contributed by atoms with E-state index in [1.54, 1.807) is 6.20 Å². The second-order valence-electron chi connectivity index (χ2n) is 9.76. The Bertz CT molecular complexity index is 1190. The Balaban J connectivity index is 2.27. The number of aliphatic carboxylic acids is 1. The van der Waals surface area contributed by atoms with Crippen LogP contribution in [0.2, 0.25) is 0 Å². The lowest BCUT2D eigenvalue weighted by molar-refractivity contribution is -0.142. The molecule has 2 aromatic rings. The number of para-hydroxylation sites is 1. The molecule has 0 aliphatic heterocycles. The van der Waals surface area contributed by atoms with Gasteiger partial charge < -0.3 is 43.2 Å². The molecule has 1 aromatic carbocycles. The molecule has 1 aromatic heterocycles. The summed E-state index contributed by atoms with van der Waals surface area (Å²) in [4.78, 5) is 65.6. The molecule has 11 N–H and O–H groups in total. The maximum atomic E-state index is 13.4. The van der Waals surface area contributed by atoms with Crippen LogP contribution in [0.4, 0.5) is 0 Å². The lowest BCUT2D eigenvalue weighted by Gasteiger charge is -2.25. The highest BCUT2D eigenvalue weighted by molar-refractivity contribution is 7.98. The third kappa shape index (κ3) is 11.1. The number of rotatable bonds is 19. The Labute approximate surface area is 243 Å². The summed E-state index contributed by atoms with van der Waals surface area (Å²) in [6.45, 7) is 0.398. The van der Waals surface area contributed by atoms with E-state index in [0.29, 0.717) is 25.1 Å². The largest absolute Gasteiger partial charge is 0.480 e. The number of carbonyl (C=O) groups excluding carboxylic acids is 4. The smallest absolute Gasteiger partial charge is 0.326 e. The molecule has 0 bridgehead atoms. The number of primary amides is 1. The molecular formula is C27H41N7O6S. The Morgan fingerprint density at radius 3 is 2.24 bits per heavy atom. The van der Waals surface area contributed by atoms with E-state index in [0.717, 1.165) is 16.5 Å². The summed E-state index contributed by atoms with van der Waals surface area (Å²) in [5, 5.41) is 18.4. The highest BCUT2D eigenvalue weighted by Crippen LogP contribution is 2.19. The molecule has 226 valence electrons. The molecule has 41 heavy (non-hydrogen) atoms. The lowest BCUT2D eigenvalue weighted by Crippen LogP contribution is -2.57. The number of benzene rings is 1. The first kappa shape index (κ1) is 33.6. The van der Waals surface area contributed by atoms with Crippen LogP contribution in [-0.2, 0) is 30.4 Å². The predicted octanol–water partition coefficient (Wildman–Crippen LogP) is -0.276. The summed E-state index contributed by atoms with van der Waals surface area (Å²) in [5.74, 6) is -3.19. The monoisotopic (exact) mass is 591 g/mol. The van der Waals surface area contributed by atoms with Gasteiger partial charge in [0.15, 0.2) is 0 Å². The van der Waals surface area contributed by atoms with Gasteiger partial charge in [0.05, 0.1) is 6.04 Å². The molecule has 13 nitrogen and oxygen atoms in total. The van der Waals surface area contributed by atoms with Gasteiger partial charge in [0, 0.05) is 29.9 Å². The van der Waals surface area contributed by atoms with Crippen molar-refractivity contribution in [1.82, 2.24) is 20.9 Å². The van der Waals surface area contributed by atoms with Crippen LogP contribution >= 0.6 is 11.8 Å². The van der Waals surface area contributed by atoms with E-state index < -0.39 is 53.8 Å². The van der Waals surface area contributed by atoms with Gasteiger partial charge in [-0.25, -0.2) is 4.79 Å². The molecule has 0 aliphatic carbocycles. The van der Waals surface area contributed by atoms with Gasteiger partial charge in [-0.15, -0.1) is 0 Å². The first-order chi connectivity index (χ1) is 19.6. The number of H-pyrrole nitrogens is 1. The molecule has 0 saturated heterocycles. The number of nitrogens with one attached hydrogen (secondary N) is 4. The number of thioether (sulfide) groups is 1. The third-order valence-corrected chi connectivity index (χ3v) is 7.22. The number of unbranched alkanes of at least 4 members (excludes halogenated alkanes) is 1. The van der Waals surface area contributed by atoms with Crippen molar-refractivity contribution in [3.05, 3.63) is 36.0 Å². The molecule has 0 aliphatic rings. The normalized spacial score (nSPS) is 14.0. The predicted molar refractivity (Wildman–Crippen MR) is 158 cm³/mol. The van der Waals surface area contributed by atoms with Crippen molar-refractivity contribution in [3.63, 3.8) is 0 Å². The maximum Gasteiger partial charge on any atom is 0.326 e. The van der Waals surface area contributed by atoms with Gasteiger partial charge in [-0.05, 0) is 62.3 Å². The maximum absolute atomic E-state index is 13.4. The third-order valence-electron chi connectivity index (χ3n) is 6.58. The molecule has 4 unspecified atom stereocenters. The fourth-order valence-electron chi connectivity index (χ4n) is 4.24. The number of carboxylic acids is 1. The van der Waals surface area contributed by atoms with Crippen molar-refractivity contribution in [2.75, 3.05) is 18.6 Å². The average Bonchev–Trinajstić information content (AvgIpc) is 3.35. The Morgan fingerprint density at radius 1 is 0.927 bits per heavy atom. The van der Waals surface area contributed by atoms with E-state index >= 15 is 0 Å². The number of carbonyl (C=O) groups is 5. The number of nitrogens with two attached hydrogens (primary N) is 3. The van der Waals surface area contributed by atoms with E-state index in [-0.39, 0.29) is 32.1 Å². The van der Waals surface area contributed by atoms with Crippen LogP contribution in [0.1, 0.15) is 44.1 Å². The highest BCUT2D eigenvalue weighted by atomic mass is 32.2. The van der Waals surface area contributed by atoms with Crippen molar-refractivity contribution in [2.24, 2.45) is 17.2 Å². The van der Waals surface area contributed by atoms with Crippen LogP contribution < -0.4 is 33.2 Å². The minimum absolute atomic E-state index is 0.0182. The zero-order chi connectivity index (χ0) is 30.4. The molecule has 4 atom stereocenters. The van der Waals surface area contributed by atoms with Crippen molar-refractivity contribution in [2.45, 2.75) is 69.1 Å². The van der Waals surface area contributed by atoms with Crippen LogP contribution in [0.3, 0.4) is 0 Å². The summed E-state index contributed by atoms with van der Waals surface area (Å²) in [5.41, 5.74) is 18.1. The Kier molecular flexibility index (Phi) is 14.1. The molecule has 0 spiro atoms. The summed E-state index contributed by atoms with van der Waals surface area (Å²) in [7, 11) is 0. The number of carboxylic acid groups (broad SMARTS) is 1. The molecule has 14 heteroatoms. The van der Waals surface area contributed by atoms with Crippen LogP contribution in [0, 0.1) is 0 Å². The van der Waals surface area contributed by atoms with Crippen LogP contribution in [-0.4, -0.2) is 82.4 Å². The minimum atomic E-state index is -1.19. The Morgan fingerprint density at radius 2 is 1.59 bits per heavy atom. The van der Waals surface area contributed by atoms with Crippen molar-refractivity contribution >= 4 is 52.3 Å². The van der Waals surface area contributed by atoms with Crippen LogP contribution in [0.25, 0.3) is 10.9 Å². The van der Waals surface area contributed by atoms with E-state index in [9.17, 15) is 29.1 Å².